The minimum Gasteiger partial charge on any atom is -0.327 e. The summed E-state index contributed by atoms with van der Waals surface area (Å²) in [4.78, 5) is 0. The quantitative estimate of drug-likeness (QED) is 0.893. The number of hydrogen-bond donors (Lipinski definition) is 1. The fourth-order valence-corrected chi connectivity index (χ4v) is 5.77. The van der Waals surface area contributed by atoms with Gasteiger partial charge in [0, 0.05) is 12.1 Å². The molecule has 5 rings (SSSR count). The van der Waals surface area contributed by atoms with Crippen LogP contribution in [0.25, 0.3) is 0 Å². The van der Waals surface area contributed by atoms with E-state index in [1.807, 2.05) is 0 Å². The van der Waals surface area contributed by atoms with Gasteiger partial charge in [-0.3, -0.25) is 0 Å². The first-order valence-corrected chi connectivity index (χ1v) is 8.23. The lowest BCUT2D eigenvalue weighted by molar-refractivity contribution is -0.0668. The summed E-state index contributed by atoms with van der Waals surface area (Å²) in [6.45, 7) is 0. The van der Waals surface area contributed by atoms with Gasteiger partial charge in [-0.15, -0.1) is 0 Å². The average molecular weight is 291 g/mol. The molecule has 4 aliphatic carbocycles. The predicted molar refractivity (Wildman–Crippen MR) is 78.6 cm³/mol. The molecule has 1 nitrogen and oxygen atoms in total. The lowest BCUT2D eigenvalue weighted by Crippen LogP contribution is -2.55. The van der Waals surface area contributed by atoms with Crippen LogP contribution in [0.15, 0.2) is 18.2 Å². The van der Waals surface area contributed by atoms with E-state index < -0.39 is 11.6 Å². The van der Waals surface area contributed by atoms with Crippen molar-refractivity contribution in [2.24, 2.45) is 28.9 Å². The zero-order valence-corrected chi connectivity index (χ0v) is 12.3. The van der Waals surface area contributed by atoms with Crippen LogP contribution in [0.2, 0.25) is 0 Å². The molecule has 0 spiro atoms. The molecule has 0 amide bonds. The average Bonchev–Trinajstić information content (AvgIpc) is 2.40. The van der Waals surface area contributed by atoms with Crippen molar-refractivity contribution < 1.29 is 8.78 Å². The smallest absolute Gasteiger partial charge is 0.129 e. The first-order chi connectivity index (χ1) is 10.0. The van der Waals surface area contributed by atoms with Gasteiger partial charge in [-0.2, -0.15) is 0 Å². The first-order valence-electron chi connectivity index (χ1n) is 8.23. The van der Waals surface area contributed by atoms with Crippen molar-refractivity contribution in [3.8, 4) is 0 Å². The topological polar surface area (TPSA) is 26.0 Å². The third kappa shape index (κ3) is 2.30. The molecule has 3 heteroatoms. The molecule has 0 radical (unpaired) electrons. The molecule has 2 N–H and O–H groups in total. The number of halogens is 2. The van der Waals surface area contributed by atoms with Gasteiger partial charge in [0.05, 0.1) is 0 Å². The Kier molecular flexibility index (Phi) is 3.11. The molecule has 4 saturated carbocycles. The maximum atomic E-state index is 13.9. The Balaban J connectivity index is 1.56. The van der Waals surface area contributed by atoms with Gasteiger partial charge in [0.2, 0.25) is 0 Å². The maximum Gasteiger partial charge on any atom is 0.129 e. The summed E-state index contributed by atoms with van der Waals surface area (Å²) < 4.78 is 26.9. The van der Waals surface area contributed by atoms with Crippen LogP contribution in [-0.4, -0.2) is 6.04 Å². The highest BCUT2D eigenvalue weighted by atomic mass is 19.1. The van der Waals surface area contributed by atoms with Gasteiger partial charge >= 0.3 is 0 Å². The Labute approximate surface area is 124 Å². The minimum atomic E-state index is -0.514. The Morgan fingerprint density at radius 2 is 1.62 bits per heavy atom. The molecule has 1 unspecified atom stereocenters. The molecule has 0 aliphatic heterocycles. The Hall–Kier alpha value is -0.960. The van der Waals surface area contributed by atoms with Crippen LogP contribution in [0.1, 0.15) is 44.1 Å². The second-order valence-corrected chi connectivity index (χ2v) is 7.83. The standard InChI is InChI=1S/C18H23F2N/c19-15-2-1-14(16(20)7-15)6-17(21)18-8-11-3-12(9-18)5-13(4-11)10-18/h1-2,7,11-13,17H,3-6,8-10,21H2. The van der Waals surface area contributed by atoms with Crippen LogP contribution >= 0.6 is 0 Å². The summed E-state index contributed by atoms with van der Waals surface area (Å²) in [7, 11) is 0. The molecule has 21 heavy (non-hydrogen) atoms. The molecule has 0 aromatic heterocycles. The highest BCUT2D eigenvalue weighted by Gasteiger charge is 2.53. The van der Waals surface area contributed by atoms with Gasteiger partial charge in [-0.25, -0.2) is 8.78 Å². The summed E-state index contributed by atoms with van der Waals surface area (Å²) in [5.74, 6) is 1.58. The number of rotatable bonds is 3. The number of benzene rings is 1. The summed E-state index contributed by atoms with van der Waals surface area (Å²) in [5.41, 5.74) is 7.34. The van der Waals surface area contributed by atoms with Crippen molar-refractivity contribution in [2.45, 2.75) is 51.0 Å². The Morgan fingerprint density at radius 3 is 2.14 bits per heavy atom. The van der Waals surface area contributed by atoms with Gasteiger partial charge in [0.25, 0.3) is 0 Å². The van der Waals surface area contributed by atoms with E-state index in [1.165, 1.54) is 44.6 Å². The molecule has 1 aromatic carbocycles. The van der Waals surface area contributed by atoms with E-state index in [0.29, 0.717) is 12.0 Å². The van der Waals surface area contributed by atoms with Crippen molar-refractivity contribution in [1.29, 1.82) is 0 Å². The van der Waals surface area contributed by atoms with E-state index in [0.717, 1.165) is 23.8 Å². The van der Waals surface area contributed by atoms with E-state index >= 15 is 0 Å². The summed E-state index contributed by atoms with van der Waals surface area (Å²) in [5, 5.41) is 0. The fourth-order valence-electron chi connectivity index (χ4n) is 5.77. The predicted octanol–water partition coefficient (Wildman–Crippen LogP) is 4.05. The van der Waals surface area contributed by atoms with Crippen molar-refractivity contribution >= 4 is 0 Å². The van der Waals surface area contributed by atoms with Crippen LogP contribution in [-0.2, 0) is 6.42 Å². The number of hydrogen-bond acceptors (Lipinski definition) is 1. The molecule has 0 heterocycles. The molecule has 1 atom stereocenters. The Bertz CT molecular complexity index is 519. The van der Waals surface area contributed by atoms with Crippen molar-refractivity contribution in [3.63, 3.8) is 0 Å². The normalized spacial score (nSPS) is 38.7. The van der Waals surface area contributed by atoms with Crippen LogP contribution in [0.5, 0.6) is 0 Å². The van der Waals surface area contributed by atoms with Crippen LogP contribution < -0.4 is 5.73 Å². The van der Waals surface area contributed by atoms with Gasteiger partial charge in [0.1, 0.15) is 11.6 Å². The molecule has 114 valence electrons. The van der Waals surface area contributed by atoms with Crippen LogP contribution in [0.4, 0.5) is 8.78 Å². The lowest BCUT2D eigenvalue weighted by atomic mass is 9.47. The zero-order valence-electron chi connectivity index (χ0n) is 12.3. The summed E-state index contributed by atoms with van der Waals surface area (Å²) >= 11 is 0. The Morgan fingerprint density at radius 1 is 1.05 bits per heavy atom. The second-order valence-electron chi connectivity index (χ2n) is 7.83. The van der Waals surface area contributed by atoms with Crippen molar-refractivity contribution in [2.75, 3.05) is 0 Å². The summed E-state index contributed by atoms with van der Waals surface area (Å²) in [6.07, 6.45) is 8.37. The van der Waals surface area contributed by atoms with Crippen molar-refractivity contribution in [1.82, 2.24) is 0 Å². The van der Waals surface area contributed by atoms with E-state index in [-0.39, 0.29) is 11.5 Å². The molecule has 1 aromatic rings. The molecular formula is C18H23F2N. The van der Waals surface area contributed by atoms with Crippen LogP contribution in [0, 0.1) is 34.8 Å². The minimum absolute atomic E-state index is 0.00543. The second kappa shape index (κ2) is 4.77. The van der Waals surface area contributed by atoms with Crippen molar-refractivity contribution in [3.05, 3.63) is 35.4 Å². The van der Waals surface area contributed by atoms with Gasteiger partial charge in [0.15, 0.2) is 0 Å². The zero-order chi connectivity index (χ0) is 14.6. The molecule has 4 fully saturated rings. The molecular weight excluding hydrogens is 268 g/mol. The molecule has 0 saturated heterocycles. The third-order valence-electron chi connectivity index (χ3n) is 6.33. The fraction of sp³-hybridized carbons (Fsp3) is 0.667. The highest BCUT2D eigenvalue weighted by Crippen LogP contribution is 2.61. The summed E-state index contributed by atoms with van der Waals surface area (Å²) in [6, 6.07) is 3.88. The molecule has 4 bridgehead atoms. The third-order valence-corrected chi connectivity index (χ3v) is 6.33. The van der Waals surface area contributed by atoms with E-state index in [9.17, 15) is 8.78 Å². The maximum absolute atomic E-state index is 13.9. The largest absolute Gasteiger partial charge is 0.327 e. The SMILES string of the molecule is NC(Cc1ccc(F)cc1F)C12CC3CC(CC(C3)C1)C2. The van der Waals surface area contributed by atoms with E-state index in [2.05, 4.69) is 0 Å². The monoisotopic (exact) mass is 291 g/mol. The molecule has 4 aliphatic rings. The van der Waals surface area contributed by atoms with E-state index in [1.54, 1.807) is 6.07 Å². The lowest BCUT2D eigenvalue weighted by Gasteiger charge is -2.59. The number of nitrogens with two attached hydrogens (primary N) is 1. The van der Waals surface area contributed by atoms with E-state index in [4.69, 9.17) is 5.73 Å². The van der Waals surface area contributed by atoms with Gasteiger partial charge < -0.3 is 5.73 Å². The van der Waals surface area contributed by atoms with Gasteiger partial charge in [-0.05, 0) is 79.7 Å². The van der Waals surface area contributed by atoms with Crippen LogP contribution in [0.3, 0.4) is 0 Å². The highest BCUT2D eigenvalue weighted by molar-refractivity contribution is 5.21. The van der Waals surface area contributed by atoms with Gasteiger partial charge in [-0.1, -0.05) is 6.07 Å². The first kappa shape index (κ1) is 13.7.